The average Bonchev–Trinajstić information content (AvgIpc) is 2.76. The second kappa shape index (κ2) is 8.60. The summed E-state index contributed by atoms with van der Waals surface area (Å²) in [6, 6.07) is 13.5. The maximum Gasteiger partial charge on any atom is 0.101 e. The Morgan fingerprint density at radius 2 is 1.89 bits per heavy atom. The monoisotopic (exact) mass is 372 g/mol. The van der Waals surface area contributed by atoms with Crippen molar-refractivity contribution in [3.63, 3.8) is 0 Å². The van der Waals surface area contributed by atoms with Crippen LogP contribution in [-0.4, -0.2) is 42.0 Å². The smallest absolute Gasteiger partial charge is 0.101 e. The number of benzene rings is 1. The van der Waals surface area contributed by atoms with E-state index < -0.39 is 0 Å². The van der Waals surface area contributed by atoms with Gasteiger partial charge in [-0.3, -0.25) is 4.90 Å². The van der Waals surface area contributed by atoms with E-state index in [0.29, 0.717) is 6.04 Å². The van der Waals surface area contributed by atoms with Gasteiger partial charge in [0.25, 0.3) is 0 Å². The Labute approximate surface area is 167 Å². The SMILES string of the molecule is N#CC1=CC(N)CC=C1N1CCN(C(C2=CC=CCC2)c2ccccc2)CC1. The normalized spacial score (nSPS) is 24.1. The molecule has 0 aromatic heterocycles. The van der Waals surface area contributed by atoms with Gasteiger partial charge in [-0.15, -0.1) is 0 Å². The van der Waals surface area contributed by atoms with Gasteiger partial charge in [-0.25, -0.2) is 0 Å². The van der Waals surface area contributed by atoms with Crippen LogP contribution in [0.15, 0.2) is 77.6 Å². The second-order valence-electron chi connectivity index (χ2n) is 7.73. The summed E-state index contributed by atoms with van der Waals surface area (Å²) < 4.78 is 0. The van der Waals surface area contributed by atoms with Gasteiger partial charge in [0, 0.05) is 32.2 Å². The lowest BCUT2D eigenvalue weighted by Gasteiger charge is -2.42. The average molecular weight is 373 g/mol. The largest absolute Gasteiger partial charge is 0.368 e. The van der Waals surface area contributed by atoms with Crippen LogP contribution >= 0.6 is 0 Å². The quantitative estimate of drug-likeness (QED) is 0.876. The number of nitrogens with two attached hydrogens (primary N) is 1. The predicted molar refractivity (Wildman–Crippen MR) is 113 cm³/mol. The van der Waals surface area contributed by atoms with E-state index in [4.69, 9.17) is 5.73 Å². The maximum absolute atomic E-state index is 9.50. The van der Waals surface area contributed by atoms with Gasteiger partial charge in [0.05, 0.1) is 17.3 Å². The molecular formula is C24H28N4. The maximum atomic E-state index is 9.50. The fourth-order valence-electron chi connectivity index (χ4n) is 4.48. The molecule has 1 aromatic rings. The second-order valence-corrected chi connectivity index (χ2v) is 7.73. The molecule has 4 heteroatoms. The summed E-state index contributed by atoms with van der Waals surface area (Å²) >= 11 is 0. The zero-order chi connectivity index (χ0) is 19.3. The van der Waals surface area contributed by atoms with Gasteiger partial charge in [0.15, 0.2) is 0 Å². The molecule has 0 spiro atoms. The Morgan fingerprint density at radius 1 is 1.11 bits per heavy atom. The van der Waals surface area contributed by atoms with Crippen molar-refractivity contribution < 1.29 is 0 Å². The summed E-state index contributed by atoms with van der Waals surface area (Å²) in [7, 11) is 0. The molecule has 1 saturated heterocycles. The highest BCUT2D eigenvalue weighted by molar-refractivity contribution is 5.44. The van der Waals surface area contributed by atoms with E-state index in [1.165, 1.54) is 11.1 Å². The minimum Gasteiger partial charge on any atom is -0.368 e. The molecule has 1 aromatic carbocycles. The van der Waals surface area contributed by atoms with Gasteiger partial charge >= 0.3 is 0 Å². The summed E-state index contributed by atoms with van der Waals surface area (Å²) in [5, 5.41) is 9.50. The number of hydrogen-bond donors (Lipinski definition) is 1. The summed E-state index contributed by atoms with van der Waals surface area (Å²) in [5.41, 5.74) is 10.7. The molecule has 3 aliphatic rings. The van der Waals surface area contributed by atoms with E-state index in [1.54, 1.807) is 0 Å². The van der Waals surface area contributed by atoms with E-state index in [0.717, 1.165) is 56.7 Å². The Hall–Kier alpha value is -2.61. The van der Waals surface area contributed by atoms with Crippen LogP contribution in [0.2, 0.25) is 0 Å². The van der Waals surface area contributed by atoms with Crippen LogP contribution < -0.4 is 5.73 Å². The van der Waals surface area contributed by atoms with E-state index in [1.807, 2.05) is 6.08 Å². The third kappa shape index (κ3) is 3.96. The van der Waals surface area contributed by atoms with Crippen molar-refractivity contribution >= 4 is 0 Å². The molecule has 1 aliphatic heterocycles. The molecule has 2 unspecified atom stereocenters. The standard InChI is InChI=1S/C24H28N4/c25-18-21-17-22(26)11-12-23(21)27-13-15-28(16-14-27)24(19-7-3-1-4-8-19)20-9-5-2-6-10-20/h1-5,7-9,12,17,22,24H,6,10-11,13-16,26H2. The van der Waals surface area contributed by atoms with Gasteiger partial charge in [-0.1, -0.05) is 54.6 Å². The number of hydrogen-bond acceptors (Lipinski definition) is 4. The molecule has 0 saturated carbocycles. The van der Waals surface area contributed by atoms with Crippen molar-refractivity contribution in [2.45, 2.75) is 31.3 Å². The Kier molecular flexibility index (Phi) is 5.76. The van der Waals surface area contributed by atoms with Crippen molar-refractivity contribution in [3.05, 3.63) is 83.1 Å². The fourth-order valence-corrected chi connectivity index (χ4v) is 4.48. The molecule has 0 amide bonds. The molecule has 2 atom stereocenters. The van der Waals surface area contributed by atoms with Crippen LogP contribution in [0.3, 0.4) is 0 Å². The topological polar surface area (TPSA) is 56.3 Å². The molecule has 4 rings (SSSR count). The van der Waals surface area contributed by atoms with Crippen LogP contribution in [0.1, 0.15) is 30.9 Å². The highest BCUT2D eigenvalue weighted by Gasteiger charge is 2.29. The van der Waals surface area contributed by atoms with Crippen LogP contribution in [-0.2, 0) is 0 Å². The minimum absolute atomic E-state index is 0.0338. The fraction of sp³-hybridized carbons (Fsp3) is 0.375. The summed E-state index contributed by atoms with van der Waals surface area (Å²) in [6.07, 6.45) is 13.9. The van der Waals surface area contributed by atoms with Crippen molar-refractivity contribution in [1.82, 2.24) is 9.80 Å². The van der Waals surface area contributed by atoms with E-state index >= 15 is 0 Å². The van der Waals surface area contributed by atoms with Crippen LogP contribution in [0, 0.1) is 11.3 Å². The zero-order valence-corrected chi connectivity index (χ0v) is 16.3. The van der Waals surface area contributed by atoms with Gasteiger partial charge < -0.3 is 10.6 Å². The highest BCUT2D eigenvalue weighted by Crippen LogP contribution is 2.34. The number of rotatable bonds is 4. The Balaban J connectivity index is 1.51. The van der Waals surface area contributed by atoms with E-state index in [9.17, 15) is 5.26 Å². The first-order chi connectivity index (χ1) is 13.8. The first kappa shape index (κ1) is 18.7. The van der Waals surface area contributed by atoms with Crippen molar-refractivity contribution in [3.8, 4) is 6.07 Å². The van der Waals surface area contributed by atoms with E-state index in [-0.39, 0.29) is 6.04 Å². The lowest BCUT2D eigenvalue weighted by molar-refractivity contribution is 0.129. The molecular weight excluding hydrogens is 344 g/mol. The zero-order valence-electron chi connectivity index (χ0n) is 16.3. The van der Waals surface area contributed by atoms with Crippen molar-refractivity contribution in [2.24, 2.45) is 5.73 Å². The molecule has 2 N–H and O–H groups in total. The Bertz CT molecular complexity index is 848. The summed E-state index contributed by atoms with van der Waals surface area (Å²) in [5.74, 6) is 0. The predicted octanol–water partition coefficient (Wildman–Crippen LogP) is 3.69. The van der Waals surface area contributed by atoms with Crippen molar-refractivity contribution in [1.29, 1.82) is 5.26 Å². The third-order valence-electron chi connectivity index (χ3n) is 5.89. The molecule has 2 aliphatic carbocycles. The molecule has 0 radical (unpaired) electrons. The lowest BCUT2D eigenvalue weighted by atomic mass is 9.90. The van der Waals surface area contributed by atoms with Gasteiger partial charge in [-0.2, -0.15) is 5.26 Å². The minimum atomic E-state index is -0.0338. The molecule has 1 heterocycles. The van der Waals surface area contributed by atoms with Crippen LogP contribution in [0.4, 0.5) is 0 Å². The first-order valence-electron chi connectivity index (χ1n) is 10.2. The van der Waals surface area contributed by atoms with Gasteiger partial charge in [0.1, 0.15) is 6.07 Å². The number of nitrogens with zero attached hydrogens (tertiary/aromatic N) is 3. The Morgan fingerprint density at radius 3 is 2.57 bits per heavy atom. The number of nitriles is 1. The summed E-state index contributed by atoms with van der Waals surface area (Å²) in [6.45, 7) is 3.85. The first-order valence-corrected chi connectivity index (χ1v) is 10.2. The van der Waals surface area contributed by atoms with Crippen LogP contribution in [0.25, 0.3) is 0 Å². The number of piperazine rings is 1. The van der Waals surface area contributed by atoms with Gasteiger partial charge in [-0.05, 0) is 36.5 Å². The molecule has 144 valence electrons. The van der Waals surface area contributed by atoms with E-state index in [2.05, 4.69) is 70.5 Å². The number of allylic oxidation sites excluding steroid dienone is 4. The molecule has 28 heavy (non-hydrogen) atoms. The molecule has 4 nitrogen and oxygen atoms in total. The van der Waals surface area contributed by atoms with Gasteiger partial charge in [0.2, 0.25) is 0 Å². The summed E-state index contributed by atoms with van der Waals surface area (Å²) in [4.78, 5) is 4.95. The molecule has 1 fully saturated rings. The van der Waals surface area contributed by atoms with Crippen molar-refractivity contribution in [2.75, 3.05) is 26.2 Å². The highest BCUT2D eigenvalue weighted by atomic mass is 15.3. The lowest BCUT2D eigenvalue weighted by Crippen LogP contribution is -2.48. The molecule has 0 bridgehead atoms. The third-order valence-corrected chi connectivity index (χ3v) is 5.89. The van der Waals surface area contributed by atoms with Crippen LogP contribution in [0.5, 0.6) is 0 Å².